The number of hydrogen-bond acceptors (Lipinski definition) is 5. The molecule has 1 aromatic heterocycles. The fourth-order valence-corrected chi connectivity index (χ4v) is 2.91. The van der Waals surface area contributed by atoms with E-state index < -0.39 is 0 Å². The monoisotopic (exact) mass is 288 g/mol. The van der Waals surface area contributed by atoms with E-state index in [9.17, 15) is 4.79 Å². The third kappa shape index (κ3) is 5.84. The Morgan fingerprint density at radius 3 is 2.89 bits per heavy atom. The van der Waals surface area contributed by atoms with Crippen LogP contribution >= 0.6 is 23.1 Å². The molecular formula is C12H20N2O2S2. The fourth-order valence-electron chi connectivity index (χ4n) is 1.48. The summed E-state index contributed by atoms with van der Waals surface area (Å²) in [6.45, 7) is 5.88. The van der Waals surface area contributed by atoms with Gasteiger partial charge in [0, 0.05) is 23.3 Å². The van der Waals surface area contributed by atoms with Gasteiger partial charge >= 0.3 is 0 Å². The molecule has 0 radical (unpaired) electrons. The second-order valence-electron chi connectivity index (χ2n) is 4.76. The molecule has 0 fully saturated rings. The summed E-state index contributed by atoms with van der Waals surface area (Å²) in [5.41, 5.74) is 0.689. The van der Waals surface area contributed by atoms with Crippen LogP contribution in [0, 0.1) is 6.92 Å². The zero-order valence-corrected chi connectivity index (χ0v) is 12.7. The third-order valence-corrected chi connectivity index (χ3v) is 4.15. The molecule has 0 bridgehead atoms. The van der Waals surface area contributed by atoms with Gasteiger partial charge in [0.25, 0.3) is 0 Å². The van der Waals surface area contributed by atoms with Crippen LogP contribution in [0.4, 0.5) is 0 Å². The zero-order valence-electron chi connectivity index (χ0n) is 11.0. The van der Waals surface area contributed by atoms with E-state index in [-0.39, 0.29) is 18.1 Å². The molecule has 102 valence electrons. The molecule has 1 aromatic rings. The molecule has 0 aliphatic carbocycles. The van der Waals surface area contributed by atoms with Crippen molar-refractivity contribution in [2.45, 2.75) is 38.5 Å². The van der Waals surface area contributed by atoms with Crippen molar-refractivity contribution in [1.82, 2.24) is 10.3 Å². The van der Waals surface area contributed by atoms with Crippen LogP contribution in [0.3, 0.4) is 0 Å². The number of aliphatic hydroxyl groups is 1. The van der Waals surface area contributed by atoms with Gasteiger partial charge < -0.3 is 10.4 Å². The smallest absolute Gasteiger partial charge is 0.230 e. The third-order valence-electron chi connectivity index (χ3n) is 2.36. The molecule has 6 heteroatoms. The predicted molar refractivity (Wildman–Crippen MR) is 76.9 cm³/mol. The van der Waals surface area contributed by atoms with Crippen LogP contribution in [0.2, 0.25) is 0 Å². The first kappa shape index (κ1) is 15.5. The summed E-state index contributed by atoms with van der Waals surface area (Å²) < 4.78 is 0. The molecule has 0 aliphatic heterocycles. The molecule has 0 atom stereocenters. The molecule has 18 heavy (non-hydrogen) atoms. The highest BCUT2D eigenvalue weighted by Gasteiger charge is 2.19. The van der Waals surface area contributed by atoms with Gasteiger partial charge in [-0.25, -0.2) is 4.98 Å². The Morgan fingerprint density at radius 1 is 1.61 bits per heavy atom. The molecule has 0 saturated carbocycles. The molecule has 0 aromatic carbocycles. The Hall–Kier alpha value is -0.590. The summed E-state index contributed by atoms with van der Waals surface area (Å²) in [6.07, 6.45) is 0.564. The molecular weight excluding hydrogens is 268 g/mol. The maximum Gasteiger partial charge on any atom is 0.230 e. The number of thioether (sulfide) groups is 1. The van der Waals surface area contributed by atoms with Crippen LogP contribution in [-0.2, 0) is 10.5 Å². The number of aromatic nitrogens is 1. The molecule has 4 nitrogen and oxygen atoms in total. The van der Waals surface area contributed by atoms with Crippen molar-refractivity contribution >= 4 is 29.0 Å². The minimum Gasteiger partial charge on any atom is -0.396 e. The Bertz CT molecular complexity index is 391. The Morgan fingerprint density at radius 2 is 2.33 bits per heavy atom. The SMILES string of the molecule is Cc1nc(CSCC(=O)NC(C)(C)CCO)cs1. The first-order chi connectivity index (χ1) is 8.43. The lowest BCUT2D eigenvalue weighted by molar-refractivity contribution is -0.120. The normalized spacial score (nSPS) is 11.6. The Balaban J connectivity index is 2.25. The van der Waals surface area contributed by atoms with Crippen molar-refractivity contribution in [3.63, 3.8) is 0 Å². The number of hydrogen-bond donors (Lipinski definition) is 2. The van der Waals surface area contributed by atoms with Gasteiger partial charge in [-0.3, -0.25) is 4.79 Å². The summed E-state index contributed by atoms with van der Waals surface area (Å²) in [5, 5.41) is 14.9. The number of aliphatic hydroxyl groups excluding tert-OH is 1. The molecule has 0 saturated heterocycles. The second kappa shape index (κ2) is 7.11. The Kier molecular flexibility index (Phi) is 6.11. The zero-order chi connectivity index (χ0) is 13.6. The lowest BCUT2D eigenvalue weighted by atomic mass is 10.0. The van der Waals surface area contributed by atoms with E-state index in [1.807, 2.05) is 26.2 Å². The average Bonchev–Trinajstić information content (AvgIpc) is 2.63. The second-order valence-corrected chi connectivity index (χ2v) is 6.80. The van der Waals surface area contributed by atoms with Crippen molar-refractivity contribution in [3.05, 3.63) is 16.1 Å². The lowest BCUT2D eigenvalue weighted by Gasteiger charge is -2.25. The topological polar surface area (TPSA) is 62.2 Å². The molecule has 0 aliphatic rings. The van der Waals surface area contributed by atoms with Gasteiger partial charge in [0.2, 0.25) is 5.91 Å². The van der Waals surface area contributed by atoms with Gasteiger partial charge in [0.15, 0.2) is 0 Å². The van der Waals surface area contributed by atoms with E-state index >= 15 is 0 Å². The van der Waals surface area contributed by atoms with Crippen LogP contribution in [0.1, 0.15) is 31.0 Å². The van der Waals surface area contributed by atoms with Crippen LogP contribution in [0.15, 0.2) is 5.38 Å². The standard InChI is InChI=1S/C12H20N2O2S2/c1-9-13-10(7-18-9)6-17-8-11(16)14-12(2,3)4-5-15/h7,15H,4-6,8H2,1-3H3,(H,14,16). The molecule has 0 spiro atoms. The molecule has 2 N–H and O–H groups in total. The minimum atomic E-state index is -0.344. The highest BCUT2D eigenvalue weighted by atomic mass is 32.2. The number of carbonyl (C=O) groups is 1. The van der Waals surface area contributed by atoms with Gasteiger partial charge in [-0.1, -0.05) is 0 Å². The van der Waals surface area contributed by atoms with Crippen LogP contribution in [0.25, 0.3) is 0 Å². The van der Waals surface area contributed by atoms with E-state index in [2.05, 4.69) is 10.3 Å². The van der Waals surface area contributed by atoms with Crippen molar-refractivity contribution in [2.75, 3.05) is 12.4 Å². The van der Waals surface area contributed by atoms with Crippen molar-refractivity contribution in [2.24, 2.45) is 0 Å². The summed E-state index contributed by atoms with van der Waals surface area (Å²) in [6, 6.07) is 0. The van der Waals surface area contributed by atoms with E-state index in [1.54, 1.807) is 23.1 Å². The van der Waals surface area contributed by atoms with E-state index in [0.717, 1.165) is 16.5 Å². The number of aryl methyl sites for hydroxylation is 1. The first-order valence-electron chi connectivity index (χ1n) is 5.83. The van der Waals surface area contributed by atoms with Crippen LogP contribution in [0.5, 0.6) is 0 Å². The summed E-state index contributed by atoms with van der Waals surface area (Å²) >= 11 is 3.18. The number of rotatable bonds is 7. The quantitative estimate of drug-likeness (QED) is 0.805. The van der Waals surface area contributed by atoms with Crippen molar-refractivity contribution < 1.29 is 9.90 Å². The average molecular weight is 288 g/mol. The maximum absolute atomic E-state index is 11.7. The highest BCUT2D eigenvalue weighted by Crippen LogP contribution is 2.15. The van der Waals surface area contributed by atoms with Gasteiger partial charge in [-0.05, 0) is 27.2 Å². The number of thiazole rings is 1. The molecule has 1 heterocycles. The van der Waals surface area contributed by atoms with E-state index in [0.29, 0.717) is 12.2 Å². The predicted octanol–water partition coefficient (Wildman–Crippen LogP) is 1.96. The van der Waals surface area contributed by atoms with Gasteiger partial charge in [0.1, 0.15) is 0 Å². The molecule has 1 rings (SSSR count). The van der Waals surface area contributed by atoms with Gasteiger partial charge in [-0.15, -0.1) is 23.1 Å². The number of carbonyl (C=O) groups excluding carboxylic acids is 1. The van der Waals surface area contributed by atoms with Crippen LogP contribution in [-0.4, -0.2) is 33.9 Å². The largest absolute Gasteiger partial charge is 0.396 e. The number of nitrogens with zero attached hydrogens (tertiary/aromatic N) is 1. The van der Waals surface area contributed by atoms with E-state index in [4.69, 9.17) is 5.11 Å². The summed E-state index contributed by atoms with van der Waals surface area (Å²) in [7, 11) is 0. The highest BCUT2D eigenvalue weighted by molar-refractivity contribution is 7.99. The lowest BCUT2D eigenvalue weighted by Crippen LogP contribution is -2.44. The van der Waals surface area contributed by atoms with Gasteiger partial charge in [0.05, 0.1) is 16.5 Å². The van der Waals surface area contributed by atoms with Crippen molar-refractivity contribution in [1.29, 1.82) is 0 Å². The fraction of sp³-hybridized carbons (Fsp3) is 0.667. The first-order valence-corrected chi connectivity index (χ1v) is 7.87. The summed E-state index contributed by atoms with van der Waals surface area (Å²) in [5.74, 6) is 1.19. The number of amides is 1. The van der Waals surface area contributed by atoms with Crippen molar-refractivity contribution in [3.8, 4) is 0 Å². The van der Waals surface area contributed by atoms with E-state index in [1.165, 1.54) is 0 Å². The summed E-state index contributed by atoms with van der Waals surface area (Å²) in [4.78, 5) is 16.0. The Labute approximate surface area is 116 Å². The van der Waals surface area contributed by atoms with Crippen LogP contribution < -0.4 is 5.32 Å². The minimum absolute atomic E-state index is 0.00500. The number of nitrogens with one attached hydrogen (secondary N) is 1. The maximum atomic E-state index is 11.7. The molecule has 1 amide bonds. The van der Waals surface area contributed by atoms with Gasteiger partial charge in [-0.2, -0.15) is 0 Å². The molecule has 0 unspecified atom stereocenters.